The normalized spacial score (nSPS) is 11.9. The van der Waals surface area contributed by atoms with E-state index in [0.29, 0.717) is 16.4 Å². The molecule has 0 amide bonds. The molecule has 0 aliphatic heterocycles. The highest BCUT2D eigenvalue weighted by molar-refractivity contribution is 6.31. The number of hydrogen-bond acceptors (Lipinski definition) is 5. The first kappa shape index (κ1) is 21.9. The number of nitrogens with zero attached hydrogens (tertiary/aromatic N) is 3. The highest BCUT2D eigenvalue weighted by Gasteiger charge is 2.16. The molecule has 0 fully saturated rings. The first-order valence-electron chi connectivity index (χ1n) is 10.2. The monoisotopic (exact) mass is 447 g/mol. The van der Waals surface area contributed by atoms with Gasteiger partial charge in [-0.3, -0.25) is 0 Å². The fourth-order valence-electron chi connectivity index (χ4n) is 3.30. The van der Waals surface area contributed by atoms with Gasteiger partial charge < -0.3 is 9.84 Å². The van der Waals surface area contributed by atoms with Crippen molar-refractivity contribution in [3.63, 3.8) is 0 Å². The smallest absolute Gasteiger partial charge is 0.364 e. The molecule has 0 spiro atoms. The number of aliphatic hydroxyl groups excluding tert-OH is 1. The Labute approximate surface area is 190 Å². The number of benzene rings is 3. The van der Waals surface area contributed by atoms with Gasteiger partial charge in [0.2, 0.25) is 0 Å². The first-order valence-corrected chi connectivity index (χ1v) is 10.6. The second-order valence-electron chi connectivity index (χ2n) is 7.27. The maximum Gasteiger partial charge on any atom is 0.364 e. The molecule has 1 heterocycles. The van der Waals surface area contributed by atoms with Crippen molar-refractivity contribution in [1.82, 2.24) is 14.8 Å². The molecule has 1 N–H and O–H groups in total. The summed E-state index contributed by atoms with van der Waals surface area (Å²) >= 11 is 6.12. The van der Waals surface area contributed by atoms with Gasteiger partial charge in [0.15, 0.2) is 0 Å². The van der Waals surface area contributed by atoms with Crippen molar-refractivity contribution >= 4 is 11.6 Å². The van der Waals surface area contributed by atoms with Crippen LogP contribution in [0.4, 0.5) is 0 Å². The topological polar surface area (TPSA) is 77.2 Å². The SMILES string of the molecule is O=c1nc(-c2ccccc2)c(-c2ccccc2)nn1CC(O)COCc1ccccc1Cl. The van der Waals surface area contributed by atoms with Crippen molar-refractivity contribution < 1.29 is 9.84 Å². The number of ether oxygens (including phenoxy) is 1. The maximum absolute atomic E-state index is 12.7. The Morgan fingerprint density at radius 1 is 0.875 bits per heavy atom. The van der Waals surface area contributed by atoms with E-state index in [9.17, 15) is 9.90 Å². The Bertz CT molecular complexity index is 1230. The molecule has 4 rings (SSSR count). The van der Waals surface area contributed by atoms with E-state index >= 15 is 0 Å². The van der Waals surface area contributed by atoms with E-state index in [1.54, 1.807) is 6.07 Å². The van der Waals surface area contributed by atoms with Crippen molar-refractivity contribution in [3.05, 3.63) is 106 Å². The zero-order valence-corrected chi connectivity index (χ0v) is 18.0. The molecule has 7 heteroatoms. The molecular weight excluding hydrogens is 426 g/mol. The lowest BCUT2D eigenvalue weighted by atomic mass is 10.0. The van der Waals surface area contributed by atoms with Crippen LogP contribution in [0.15, 0.2) is 89.7 Å². The third-order valence-electron chi connectivity index (χ3n) is 4.88. The minimum Gasteiger partial charge on any atom is -0.389 e. The molecule has 0 radical (unpaired) electrons. The number of halogens is 1. The molecular formula is C25H22ClN3O3. The zero-order valence-electron chi connectivity index (χ0n) is 17.3. The van der Waals surface area contributed by atoms with Gasteiger partial charge in [0.05, 0.1) is 25.9 Å². The summed E-state index contributed by atoms with van der Waals surface area (Å²) < 4.78 is 6.76. The van der Waals surface area contributed by atoms with Gasteiger partial charge in [-0.15, -0.1) is 0 Å². The Morgan fingerprint density at radius 2 is 1.47 bits per heavy atom. The third-order valence-corrected chi connectivity index (χ3v) is 5.25. The maximum atomic E-state index is 12.7. The van der Waals surface area contributed by atoms with Crippen LogP contribution in [0.3, 0.4) is 0 Å². The third kappa shape index (κ3) is 5.29. The largest absolute Gasteiger partial charge is 0.389 e. The molecule has 0 saturated carbocycles. The van der Waals surface area contributed by atoms with Gasteiger partial charge in [0, 0.05) is 16.1 Å². The second-order valence-corrected chi connectivity index (χ2v) is 7.67. The quantitative estimate of drug-likeness (QED) is 0.438. The Balaban J connectivity index is 1.55. The van der Waals surface area contributed by atoms with Crippen LogP contribution in [0.2, 0.25) is 5.02 Å². The van der Waals surface area contributed by atoms with Gasteiger partial charge in [-0.1, -0.05) is 90.5 Å². The molecule has 1 unspecified atom stereocenters. The highest BCUT2D eigenvalue weighted by Crippen LogP contribution is 2.27. The number of hydrogen-bond donors (Lipinski definition) is 1. The zero-order chi connectivity index (χ0) is 22.3. The van der Waals surface area contributed by atoms with Crippen molar-refractivity contribution in [2.24, 2.45) is 0 Å². The number of rotatable bonds is 8. The molecule has 1 aromatic heterocycles. The van der Waals surface area contributed by atoms with Gasteiger partial charge in [-0.25, -0.2) is 9.48 Å². The summed E-state index contributed by atoms with van der Waals surface area (Å²) in [7, 11) is 0. The molecule has 0 aliphatic rings. The van der Waals surface area contributed by atoms with Crippen LogP contribution in [0.5, 0.6) is 0 Å². The van der Waals surface area contributed by atoms with Gasteiger partial charge in [0.1, 0.15) is 11.4 Å². The van der Waals surface area contributed by atoms with E-state index in [0.717, 1.165) is 16.7 Å². The molecule has 3 aromatic carbocycles. The lowest BCUT2D eigenvalue weighted by Gasteiger charge is -2.15. The van der Waals surface area contributed by atoms with E-state index in [1.807, 2.05) is 78.9 Å². The molecule has 0 saturated heterocycles. The van der Waals surface area contributed by atoms with Crippen molar-refractivity contribution in [1.29, 1.82) is 0 Å². The Hall–Kier alpha value is -3.32. The number of aliphatic hydroxyl groups is 1. The van der Waals surface area contributed by atoms with E-state index in [-0.39, 0.29) is 19.8 Å². The van der Waals surface area contributed by atoms with Crippen LogP contribution in [0.1, 0.15) is 5.56 Å². The summed E-state index contributed by atoms with van der Waals surface area (Å²) in [5.74, 6) is 0. The summed E-state index contributed by atoms with van der Waals surface area (Å²) in [6.45, 7) is 0.253. The number of aromatic nitrogens is 3. The Kier molecular flexibility index (Phi) is 7.07. The minimum absolute atomic E-state index is 0.0282. The molecule has 0 aliphatic carbocycles. The Morgan fingerprint density at radius 3 is 2.12 bits per heavy atom. The van der Waals surface area contributed by atoms with Crippen molar-refractivity contribution in [3.8, 4) is 22.5 Å². The summed E-state index contributed by atoms with van der Waals surface area (Å²) in [5, 5.41) is 15.6. The van der Waals surface area contributed by atoms with Gasteiger partial charge in [-0.05, 0) is 11.6 Å². The standard InChI is InChI=1S/C25H22ClN3O3/c26-22-14-8-7-13-20(22)16-32-17-21(30)15-29-25(31)27-23(18-9-3-1-4-10-18)24(28-29)19-11-5-2-6-12-19/h1-14,21,30H,15-17H2. The average Bonchev–Trinajstić information content (AvgIpc) is 2.82. The van der Waals surface area contributed by atoms with Crippen LogP contribution in [0.25, 0.3) is 22.5 Å². The van der Waals surface area contributed by atoms with Gasteiger partial charge >= 0.3 is 5.69 Å². The fraction of sp³-hybridized carbons (Fsp3) is 0.160. The van der Waals surface area contributed by atoms with E-state index < -0.39 is 11.8 Å². The molecule has 0 bridgehead atoms. The predicted molar refractivity (Wildman–Crippen MR) is 124 cm³/mol. The van der Waals surface area contributed by atoms with Crippen molar-refractivity contribution in [2.45, 2.75) is 19.3 Å². The summed E-state index contributed by atoms with van der Waals surface area (Å²) in [6.07, 6.45) is -0.935. The van der Waals surface area contributed by atoms with Crippen LogP contribution in [0, 0.1) is 0 Å². The van der Waals surface area contributed by atoms with Crippen LogP contribution >= 0.6 is 11.6 Å². The van der Waals surface area contributed by atoms with E-state index in [1.165, 1.54) is 4.68 Å². The highest BCUT2D eigenvalue weighted by atomic mass is 35.5. The molecule has 6 nitrogen and oxygen atoms in total. The lowest BCUT2D eigenvalue weighted by Crippen LogP contribution is -2.33. The summed E-state index contributed by atoms with van der Waals surface area (Å²) in [4.78, 5) is 17.0. The van der Waals surface area contributed by atoms with Crippen LogP contribution < -0.4 is 5.69 Å². The van der Waals surface area contributed by atoms with Crippen LogP contribution in [-0.2, 0) is 17.9 Å². The second kappa shape index (κ2) is 10.3. The molecule has 32 heavy (non-hydrogen) atoms. The average molecular weight is 448 g/mol. The minimum atomic E-state index is -0.935. The van der Waals surface area contributed by atoms with Gasteiger partial charge in [0.25, 0.3) is 0 Å². The fourth-order valence-corrected chi connectivity index (χ4v) is 3.49. The summed E-state index contributed by atoms with van der Waals surface area (Å²) in [6, 6.07) is 26.3. The predicted octanol–water partition coefficient (Wildman–Crippen LogP) is 4.20. The van der Waals surface area contributed by atoms with Crippen molar-refractivity contribution in [2.75, 3.05) is 6.61 Å². The molecule has 4 aromatic rings. The first-order chi connectivity index (χ1) is 15.6. The van der Waals surface area contributed by atoms with E-state index in [4.69, 9.17) is 16.3 Å². The molecule has 162 valence electrons. The lowest BCUT2D eigenvalue weighted by molar-refractivity contribution is 0.0179. The van der Waals surface area contributed by atoms with Gasteiger partial charge in [-0.2, -0.15) is 10.1 Å². The molecule has 1 atom stereocenters. The van der Waals surface area contributed by atoms with E-state index in [2.05, 4.69) is 10.1 Å². The van der Waals surface area contributed by atoms with Crippen LogP contribution in [-0.4, -0.2) is 32.6 Å². The summed E-state index contributed by atoms with van der Waals surface area (Å²) in [5.41, 5.74) is 3.00.